The molecule has 0 aliphatic carbocycles. The maximum atomic E-state index is 12.3. The fraction of sp³-hybridized carbons (Fsp3) is 0.200. The zero-order chi connectivity index (χ0) is 21.3. The molecule has 0 fully saturated rings. The second-order valence-corrected chi connectivity index (χ2v) is 7.05. The molecular formula is C25H25NO4. The number of ether oxygens (including phenoxy) is 2. The van der Waals surface area contributed by atoms with Gasteiger partial charge in [0.2, 0.25) is 0 Å². The van der Waals surface area contributed by atoms with Crippen molar-refractivity contribution in [3.8, 4) is 5.75 Å². The third kappa shape index (κ3) is 6.21. The molecule has 0 heterocycles. The van der Waals surface area contributed by atoms with Crippen LogP contribution in [0.3, 0.4) is 0 Å². The number of amides is 1. The molecule has 5 nitrogen and oxygen atoms in total. The van der Waals surface area contributed by atoms with Crippen LogP contribution in [0.15, 0.2) is 78.9 Å². The Hall–Kier alpha value is -3.60. The summed E-state index contributed by atoms with van der Waals surface area (Å²) in [6.07, 6.45) is -0.122. The van der Waals surface area contributed by atoms with E-state index in [0.717, 1.165) is 16.7 Å². The van der Waals surface area contributed by atoms with Crippen molar-refractivity contribution in [1.82, 2.24) is 0 Å². The number of anilines is 1. The third-order valence-electron chi connectivity index (χ3n) is 4.51. The fourth-order valence-corrected chi connectivity index (χ4v) is 2.99. The predicted molar refractivity (Wildman–Crippen MR) is 117 cm³/mol. The Bertz CT molecular complexity index is 1000. The molecule has 154 valence electrons. The summed E-state index contributed by atoms with van der Waals surface area (Å²) in [6, 6.07) is 25.0. The monoisotopic (exact) mass is 403 g/mol. The van der Waals surface area contributed by atoms with Crippen molar-refractivity contribution in [1.29, 1.82) is 0 Å². The van der Waals surface area contributed by atoms with Gasteiger partial charge in [0.15, 0.2) is 12.7 Å². The van der Waals surface area contributed by atoms with Crippen molar-refractivity contribution in [3.63, 3.8) is 0 Å². The molecule has 5 heteroatoms. The number of nitrogens with one attached hydrogen (secondary N) is 1. The molecule has 0 unspecified atom stereocenters. The molecule has 30 heavy (non-hydrogen) atoms. The maximum absolute atomic E-state index is 12.3. The van der Waals surface area contributed by atoms with E-state index in [0.29, 0.717) is 17.9 Å². The number of benzene rings is 3. The zero-order valence-electron chi connectivity index (χ0n) is 17.1. The van der Waals surface area contributed by atoms with Gasteiger partial charge in [-0.15, -0.1) is 0 Å². The van der Waals surface area contributed by atoms with Crippen molar-refractivity contribution in [2.45, 2.75) is 26.4 Å². The average molecular weight is 403 g/mol. The molecule has 0 aliphatic rings. The molecule has 0 radical (unpaired) electrons. The predicted octanol–water partition coefficient (Wildman–Crippen LogP) is 4.54. The van der Waals surface area contributed by atoms with Crippen LogP contribution in [0.5, 0.6) is 5.75 Å². The standard InChI is InChI=1S/C25H25NO4/c1-18-9-8-13-22(15-18)30-19(2)25(28)29-17-24(27)26-23-14-7-6-12-21(23)16-20-10-4-3-5-11-20/h3-15,19H,16-17H2,1-2H3,(H,26,27)/t19-/m1/s1. The fourth-order valence-electron chi connectivity index (χ4n) is 2.99. The van der Waals surface area contributed by atoms with Crippen molar-refractivity contribution in [2.75, 3.05) is 11.9 Å². The summed E-state index contributed by atoms with van der Waals surface area (Å²) < 4.78 is 10.7. The van der Waals surface area contributed by atoms with Gasteiger partial charge >= 0.3 is 5.97 Å². The molecule has 0 aromatic heterocycles. The summed E-state index contributed by atoms with van der Waals surface area (Å²) in [5, 5.41) is 2.83. The second kappa shape index (κ2) is 10.3. The van der Waals surface area contributed by atoms with Crippen molar-refractivity contribution < 1.29 is 19.1 Å². The van der Waals surface area contributed by atoms with E-state index >= 15 is 0 Å². The first kappa shape index (κ1) is 21.1. The highest BCUT2D eigenvalue weighted by molar-refractivity contribution is 5.93. The first-order valence-corrected chi connectivity index (χ1v) is 9.83. The molecule has 3 rings (SSSR count). The summed E-state index contributed by atoms with van der Waals surface area (Å²) >= 11 is 0. The smallest absolute Gasteiger partial charge is 0.347 e. The van der Waals surface area contributed by atoms with Gasteiger partial charge in [0.25, 0.3) is 5.91 Å². The van der Waals surface area contributed by atoms with Gasteiger partial charge in [0.1, 0.15) is 5.75 Å². The van der Waals surface area contributed by atoms with E-state index in [4.69, 9.17) is 9.47 Å². The molecule has 0 spiro atoms. The number of para-hydroxylation sites is 1. The van der Waals surface area contributed by atoms with Crippen LogP contribution < -0.4 is 10.1 Å². The van der Waals surface area contributed by atoms with Crippen LogP contribution in [0.4, 0.5) is 5.69 Å². The van der Waals surface area contributed by atoms with Gasteiger partial charge in [-0.05, 0) is 55.2 Å². The van der Waals surface area contributed by atoms with E-state index in [1.165, 1.54) is 0 Å². The van der Waals surface area contributed by atoms with Gasteiger partial charge in [0, 0.05) is 5.69 Å². The molecule has 0 saturated heterocycles. The normalized spacial score (nSPS) is 11.4. The van der Waals surface area contributed by atoms with Crippen molar-refractivity contribution in [2.24, 2.45) is 0 Å². The highest BCUT2D eigenvalue weighted by atomic mass is 16.6. The molecular weight excluding hydrogens is 378 g/mol. The number of hydrogen-bond acceptors (Lipinski definition) is 4. The molecule has 0 bridgehead atoms. The van der Waals surface area contributed by atoms with E-state index in [1.807, 2.05) is 79.7 Å². The van der Waals surface area contributed by atoms with E-state index in [2.05, 4.69) is 5.32 Å². The number of rotatable bonds is 8. The summed E-state index contributed by atoms with van der Waals surface area (Å²) in [4.78, 5) is 24.5. The number of hydrogen-bond donors (Lipinski definition) is 1. The van der Waals surface area contributed by atoms with Crippen LogP contribution in [0.25, 0.3) is 0 Å². The van der Waals surface area contributed by atoms with E-state index in [9.17, 15) is 9.59 Å². The number of carbonyl (C=O) groups excluding carboxylic acids is 2. The van der Waals surface area contributed by atoms with Gasteiger partial charge in [-0.3, -0.25) is 4.79 Å². The minimum atomic E-state index is -0.815. The van der Waals surface area contributed by atoms with Crippen molar-refractivity contribution >= 4 is 17.6 Å². The van der Waals surface area contributed by atoms with E-state index in [-0.39, 0.29) is 6.61 Å². The summed E-state index contributed by atoms with van der Waals surface area (Å²) in [6.45, 7) is 3.16. The van der Waals surface area contributed by atoms with Crippen LogP contribution in [0.2, 0.25) is 0 Å². The molecule has 1 N–H and O–H groups in total. The summed E-state index contributed by atoms with van der Waals surface area (Å²) in [7, 11) is 0. The highest BCUT2D eigenvalue weighted by Crippen LogP contribution is 2.19. The first-order chi connectivity index (χ1) is 14.5. The minimum Gasteiger partial charge on any atom is -0.479 e. The minimum absolute atomic E-state index is 0.375. The largest absolute Gasteiger partial charge is 0.479 e. The Morgan fingerprint density at radius 1 is 0.933 bits per heavy atom. The first-order valence-electron chi connectivity index (χ1n) is 9.83. The lowest BCUT2D eigenvalue weighted by molar-refractivity contribution is -0.153. The maximum Gasteiger partial charge on any atom is 0.347 e. The second-order valence-electron chi connectivity index (χ2n) is 7.05. The molecule has 1 atom stereocenters. The zero-order valence-corrected chi connectivity index (χ0v) is 17.1. The lowest BCUT2D eigenvalue weighted by atomic mass is 10.0. The Balaban J connectivity index is 1.52. The van der Waals surface area contributed by atoms with Gasteiger partial charge in [-0.25, -0.2) is 4.79 Å². The van der Waals surface area contributed by atoms with Gasteiger partial charge in [-0.2, -0.15) is 0 Å². The van der Waals surface area contributed by atoms with Gasteiger partial charge in [-0.1, -0.05) is 60.7 Å². The summed E-state index contributed by atoms with van der Waals surface area (Å²) in [5.74, 6) is -0.408. The van der Waals surface area contributed by atoms with Crippen LogP contribution in [-0.4, -0.2) is 24.6 Å². The van der Waals surface area contributed by atoms with Crippen LogP contribution in [-0.2, 0) is 20.7 Å². The Kier molecular flexibility index (Phi) is 7.22. The molecule has 1 amide bonds. The number of esters is 1. The molecule has 0 aliphatic heterocycles. The molecule has 3 aromatic rings. The summed E-state index contributed by atoms with van der Waals surface area (Å²) in [5.41, 5.74) is 3.86. The lowest BCUT2D eigenvalue weighted by Crippen LogP contribution is -2.29. The van der Waals surface area contributed by atoms with Crippen molar-refractivity contribution in [3.05, 3.63) is 95.6 Å². The Morgan fingerprint density at radius 3 is 2.43 bits per heavy atom. The number of carbonyl (C=O) groups is 2. The average Bonchev–Trinajstić information content (AvgIpc) is 2.74. The van der Waals surface area contributed by atoms with E-state index in [1.54, 1.807) is 13.0 Å². The Morgan fingerprint density at radius 2 is 1.67 bits per heavy atom. The van der Waals surface area contributed by atoms with Crippen LogP contribution >= 0.6 is 0 Å². The molecule has 0 saturated carbocycles. The van der Waals surface area contributed by atoms with Gasteiger partial charge in [0.05, 0.1) is 0 Å². The topological polar surface area (TPSA) is 64.6 Å². The highest BCUT2D eigenvalue weighted by Gasteiger charge is 2.18. The quantitative estimate of drug-likeness (QED) is 0.561. The molecule has 3 aromatic carbocycles. The van der Waals surface area contributed by atoms with Crippen LogP contribution in [0, 0.1) is 6.92 Å². The van der Waals surface area contributed by atoms with Crippen LogP contribution in [0.1, 0.15) is 23.6 Å². The SMILES string of the molecule is Cc1cccc(O[C@H](C)C(=O)OCC(=O)Nc2ccccc2Cc2ccccc2)c1. The number of aryl methyl sites for hydroxylation is 1. The van der Waals surface area contributed by atoms with E-state index < -0.39 is 18.0 Å². The van der Waals surface area contributed by atoms with Gasteiger partial charge < -0.3 is 14.8 Å². The third-order valence-corrected chi connectivity index (χ3v) is 4.51. The Labute approximate surface area is 176 Å². The lowest BCUT2D eigenvalue weighted by Gasteiger charge is -2.15.